The Kier molecular flexibility index (Phi) is 2.53. The van der Waals surface area contributed by atoms with E-state index < -0.39 is 5.06 Å². The van der Waals surface area contributed by atoms with Gasteiger partial charge < -0.3 is 4.74 Å². The van der Waals surface area contributed by atoms with E-state index >= 15 is 0 Å². The smallest absolute Gasteiger partial charge is 0.215 e. The molecule has 0 fully saturated rings. The largest absolute Gasteiger partial charge is 0.456 e. The zero-order chi connectivity index (χ0) is 10.9. The molecule has 2 nitrogen and oxygen atoms in total. The number of hydrogen-bond acceptors (Lipinski definition) is 2. The second kappa shape index (κ2) is 3.70. The predicted octanol–water partition coefficient (Wildman–Crippen LogP) is 3.59. The van der Waals surface area contributed by atoms with E-state index in [4.69, 9.17) is 16.3 Å². The van der Waals surface area contributed by atoms with Crippen LogP contribution in [-0.2, 0) is 0 Å². The molecule has 0 unspecified atom stereocenters. The van der Waals surface area contributed by atoms with Gasteiger partial charge in [-0.15, -0.1) is 0 Å². The maximum Gasteiger partial charge on any atom is 0.215 e. The summed E-state index contributed by atoms with van der Waals surface area (Å²) < 4.78 is 5.46. The molecule has 0 amide bonds. The van der Waals surface area contributed by atoms with Crippen molar-refractivity contribution in [2.24, 2.45) is 0 Å². The Hall–Kier alpha value is -1.28. The third-order valence-corrected chi connectivity index (χ3v) is 2.03. The van der Waals surface area contributed by atoms with Gasteiger partial charge in [0.15, 0.2) is 5.06 Å². The van der Waals surface area contributed by atoms with Crippen LogP contribution >= 0.6 is 11.6 Å². The minimum Gasteiger partial charge on any atom is -0.456 e. The zero-order valence-corrected chi connectivity index (χ0v) is 9.45. The fourth-order valence-electron chi connectivity index (χ4n) is 1.37. The number of aromatic nitrogens is 1. The minimum absolute atomic E-state index is 0.550. The molecule has 0 radical (unpaired) electrons. The Labute approximate surface area is 93.8 Å². The SMILES string of the molecule is CC(C)(Cl)Oc1cc2ccccc2cn1. The molecule has 78 valence electrons. The fourth-order valence-corrected chi connectivity index (χ4v) is 1.45. The quantitative estimate of drug-likeness (QED) is 0.723. The monoisotopic (exact) mass is 221 g/mol. The molecular formula is C12H12ClNO. The molecule has 1 aromatic carbocycles. The predicted molar refractivity (Wildman–Crippen MR) is 62.3 cm³/mol. The lowest BCUT2D eigenvalue weighted by Crippen LogP contribution is -2.20. The van der Waals surface area contributed by atoms with E-state index in [1.54, 1.807) is 20.0 Å². The molecule has 0 N–H and O–H groups in total. The molecule has 0 spiro atoms. The summed E-state index contributed by atoms with van der Waals surface area (Å²) in [4.78, 5) is 4.19. The molecule has 2 aromatic rings. The Morgan fingerprint density at radius 3 is 2.53 bits per heavy atom. The van der Waals surface area contributed by atoms with Gasteiger partial charge in [0.1, 0.15) is 0 Å². The summed E-state index contributed by atoms with van der Waals surface area (Å²) in [6.45, 7) is 3.57. The standard InChI is InChI=1S/C12H12ClNO/c1-12(2,13)15-11-7-9-5-3-4-6-10(9)8-14-11/h3-8H,1-2H3. The van der Waals surface area contributed by atoms with Crippen molar-refractivity contribution in [3.63, 3.8) is 0 Å². The first-order chi connectivity index (χ1) is 7.04. The van der Waals surface area contributed by atoms with E-state index in [1.165, 1.54) is 0 Å². The third-order valence-electron chi connectivity index (χ3n) is 1.95. The van der Waals surface area contributed by atoms with E-state index in [2.05, 4.69) is 4.98 Å². The summed E-state index contributed by atoms with van der Waals surface area (Å²) in [6, 6.07) is 9.89. The lowest BCUT2D eigenvalue weighted by Gasteiger charge is -2.17. The van der Waals surface area contributed by atoms with Crippen LogP contribution in [0.15, 0.2) is 36.5 Å². The van der Waals surface area contributed by atoms with Crippen LogP contribution in [0.4, 0.5) is 0 Å². The maximum absolute atomic E-state index is 5.96. The lowest BCUT2D eigenvalue weighted by atomic mass is 10.2. The third kappa shape index (κ3) is 2.60. The van der Waals surface area contributed by atoms with E-state index in [0.717, 1.165) is 10.8 Å². The second-order valence-corrected chi connectivity index (χ2v) is 4.75. The summed E-state index contributed by atoms with van der Waals surface area (Å²) >= 11 is 5.96. The Bertz CT molecular complexity index is 476. The second-order valence-electron chi connectivity index (χ2n) is 3.84. The van der Waals surface area contributed by atoms with Crippen molar-refractivity contribution in [3.05, 3.63) is 36.5 Å². The molecule has 0 saturated carbocycles. The molecule has 3 heteroatoms. The highest BCUT2D eigenvalue weighted by molar-refractivity contribution is 6.22. The van der Waals surface area contributed by atoms with Gasteiger partial charge in [0.2, 0.25) is 5.88 Å². The number of benzene rings is 1. The van der Waals surface area contributed by atoms with Crippen molar-refractivity contribution in [2.45, 2.75) is 18.9 Å². The fraction of sp³-hybridized carbons (Fsp3) is 0.250. The number of ether oxygens (including phenoxy) is 1. The number of hydrogen-bond donors (Lipinski definition) is 0. The number of halogens is 1. The van der Waals surface area contributed by atoms with Crippen LogP contribution in [0.2, 0.25) is 0 Å². The van der Waals surface area contributed by atoms with Crippen LogP contribution in [0, 0.1) is 0 Å². The molecule has 15 heavy (non-hydrogen) atoms. The van der Waals surface area contributed by atoms with E-state index in [0.29, 0.717) is 5.88 Å². The number of rotatable bonds is 2. The Morgan fingerprint density at radius 2 is 1.87 bits per heavy atom. The van der Waals surface area contributed by atoms with Crippen LogP contribution in [0.5, 0.6) is 5.88 Å². The van der Waals surface area contributed by atoms with E-state index in [1.807, 2.05) is 30.3 Å². The summed E-state index contributed by atoms with van der Waals surface area (Å²) in [7, 11) is 0. The first-order valence-electron chi connectivity index (χ1n) is 4.77. The highest BCUT2D eigenvalue weighted by atomic mass is 35.5. The van der Waals surface area contributed by atoms with Crippen LogP contribution < -0.4 is 4.74 Å². The minimum atomic E-state index is -0.727. The van der Waals surface area contributed by atoms with Gasteiger partial charge in [-0.1, -0.05) is 35.9 Å². The van der Waals surface area contributed by atoms with Crippen molar-refractivity contribution in [1.82, 2.24) is 4.98 Å². The molecule has 0 aliphatic rings. The number of fused-ring (bicyclic) bond motifs is 1. The van der Waals surface area contributed by atoms with Gasteiger partial charge in [-0.2, -0.15) is 0 Å². The van der Waals surface area contributed by atoms with Gasteiger partial charge >= 0.3 is 0 Å². The van der Waals surface area contributed by atoms with Crippen molar-refractivity contribution in [1.29, 1.82) is 0 Å². The number of nitrogens with zero attached hydrogens (tertiary/aromatic N) is 1. The number of pyridine rings is 1. The molecule has 0 aliphatic heterocycles. The normalized spacial score (nSPS) is 11.7. The molecule has 2 rings (SSSR count). The first kappa shape index (κ1) is 10.2. The maximum atomic E-state index is 5.96. The van der Waals surface area contributed by atoms with Gasteiger partial charge in [0.25, 0.3) is 0 Å². The molecule has 0 bridgehead atoms. The zero-order valence-electron chi connectivity index (χ0n) is 8.70. The highest BCUT2D eigenvalue weighted by Gasteiger charge is 2.15. The summed E-state index contributed by atoms with van der Waals surface area (Å²) in [5, 5.41) is 1.47. The number of alkyl halides is 1. The average molecular weight is 222 g/mol. The van der Waals surface area contributed by atoms with Crippen molar-refractivity contribution >= 4 is 22.4 Å². The molecule has 1 heterocycles. The summed E-state index contributed by atoms with van der Waals surface area (Å²) in [6.07, 6.45) is 1.79. The molecule has 0 saturated heterocycles. The van der Waals surface area contributed by atoms with Gasteiger partial charge in [-0.3, -0.25) is 0 Å². The Balaban J connectivity index is 2.39. The molecular weight excluding hydrogens is 210 g/mol. The van der Waals surface area contributed by atoms with Crippen LogP contribution in [0.3, 0.4) is 0 Å². The van der Waals surface area contributed by atoms with Crippen molar-refractivity contribution in [3.8, 4) is 5.88 Å². The van der Waals surface area contributed by atoms with E-state index in [9.17, 15) is 0 Å². The van der Waals surface area contributed by atoms with Crippen molar-refractivity contribution in [2.75, 3.05) is 0 Å². The lowest BCUT2D eigenvalue weighted by molar-refractivity contribution is 0.191. The molecule has 1 aromatic heterocycles. The van der Waals surface area contributed by atoms with Crippen molar-refractivity contribution < 1.29 is 4.74 Å². The van der Waals surface area contributed by atoms with Gasteiger partial charge in [-0.25, -0.2) is 4.98 Å². The summed E-state index contributed by atoms with van der Waals surface area (Å²) in [5.41, 5.74) is 0. The van der Waals surface area contributed by atoms with Crippen LogP contribution in [-0.4, -0.2) is 10.0 Å². The van der Waals surface area contributed by atoms with Gasteiger partial charge in [-0.05, 0) is 19.2 Å². The Morgan fingerprint density at radius 1 is 1.20 bits per heavy atom. The van der Waals surface area contributed by atoms with Crippen LogP contribution in [0.25, 0.3) is 10.8 Å². The van der Waals surface area contributed by atoms with E-state index in [-0.39, 0.29) is 0 Å². The average Bonchev–Trinajstić information content (AvgIpc) is 2.15. The topological polar surface area (TPSA) is 22.1 Å². The van der Waals surface area contributed by atoms with Gasteiger partial charge in [0.05, 0.1) is 0 Å². The van der Waals surface area contributed by atoms with Gasteiger partial charge in [0, 0.05) is 17.6 Å². The molecule has 0 aliphatic carbocycles. The summed E-state index contributed by atoms with van der Waals surface area (Å²) in [5.74, 6) is 0.550. The highest BCUT2D eigenvalue weighted by Crippen LogP contribution is 2.22. The first-order valence-corrected chi connectivity index (χ1v) is 5.15. The molecule has 0 atom stereocenters. The van der Waals surface area contributed by atoms with Crippen LogP contribution in [0.1, 0.15) is 13.8 Å².